The molecular weight excluding hydrogens is 248 g/mol. The summed E-state index contributed by atoms with van der Waals surface area (Å²) in [5, 5.41) is 19.8. The SMILES string of the molecule is CCN(CCCO)Cc1ccc(OC)c([N+](=O)[O-])c1. The van der Waals surface area contributed by atoms with Gasteiger partial charge in [0.2, 0.25) is 0 Å². The van der Waals surface area contributed by atoms with Gasteiger partial charge < -0.3 is 9.84 Å². The molecule has 0 spiro atoms. The van der Waals surface area contributed by atoms with Crippen molar-refractivity contribution in [3.05, 3.63) is 33.9 Å². The van der Waals surface area contributed by atoms with E-state index in [-0.39, 0.29) is 18.0 Å². The fourth-order valence-electron chi connectivity index (χ4n) is 1.88. The first kappa shape index (κ1) is 15.4. The van der Waals surface area contributed by atoms with Crippen molar-refractivity contribution in [1.82, 2.24) is 4.90 Å². The van der Waals surface area contributed by atoms with Crippen molar-refractivity contribution >= 4 is 5.69 Å². The Bertz CT molecular complexity index is 423. The van der Waals surface area contributed by atoms with E-state index >= 15 is 0 Å². The molecule has 0 fully saturated rings. The van der Waals surface area contributed by atoms with Crippen LogP contribution in [0.5, 0.6) is 5.75 Å². The third-order valence-corrected chi connectivity index (χ3v) is 2.93. The molecule has 19 heavy (non-hydrogen) atoms. The third-order valence-electron chi connectivity index (χ3n) is 2.93. The fourth-order valence-corrected chi connectivity index (χ4v) is 1.88. The Kier molecular flexibility index (Phi) is 6.24. The summed E-state index contributed by atoms with van der Waals surface area (Å²) in [6.45, 7) is 4.41. The van der Waals surface area contributed by atoms with Gasteiger partial charge in [0.25, 0.3) is 0 Å². The average Bonchev–Trinajstić information content (AvgIpc) is 2.43. The average molecular weight is 268 g/mol. The lowest BCUT2D eigenvalue weighted by atomic mass is 10.1. The number of nitro benzene ring substituents is 1. The summed E-state index contributed by atoms with van der Waals surface area (Å²) in [4.78, 5) is 12.6. The molecule has 0 bridgehead atoms. The summed E-state index contributed by atoms with van der Waals surface area (Å²) < 4.78 is 4.97. The van der Waals surface area contributed by atoms with Crippen molar-refractivity contribution in [1.29, 1.82) is 0 Å². The second-order valence-corrected chi connectivity index (χ2v) is 4.21. The highest BCUT2D eigenvalue weighted by molar-refractivity contribution is 5.48. The minimum atomic E-state index is -0.438. The molecule has 1 aromatic carbocycles. The summed E-state index contributed by atoms with van der Waals surface area (Å²) in [5.74, 6) is 0.271. The number of aliphatic hydroxyl groups is 1. The van der Waals surface area contributed by atoms with Crippen molar-refractivity contribution in [2.24, 2.45) is 0 Å². The zero-order chi connectivity index (χ0) is 14.3. The second kappa shape index (κ2) is 7.70. The van der Waals surface area contributed by atoms with Gasteiger partial charge >= 0.3 is 5.69 Å². The van der Waals surface area contributed by atoms with Gasteiger partial charge in [0.15, 0.2) is 5.75 Å². The van der Waals surface area contributed by atoms with Crippen LogP contribution in [-0.2, 0) is 6.54 Å². The van der Waals surface area contributed by atoms with Crippen LogP contribution in [0, 0.1) is 10.1 Å². The molecule has 1 aromatic rings. The number of hydrogen-bond donors (Lipinski definition) is 1. The molecule has 0 aliphatic heterocycles. The van der Waals surface area contributed by atoms with Crippen molar-refractivity contribution in [3.8, 4) is 5.75 Å². The monoisotopic (exact) mass is 268 g/mol. The van der Waals surface area contributed by atoms with Gasteiger partial charge in [-0.05, 0) is 24.6 Å². The van der Waals surface area contributed by atoms with E-state index in [0.29, 0.717) is 13.0 Å². The van der Waals surface area contributed by atoms with Crippen molar-refractivity contribution in [3.63, 3.8) is 0 Å². The maximum absolute atomic E-state index is 10.9. The Labute approximate surface area is 112 Å². The summed E-state index contributed by atoms with van der Waals surface area (Å²) in [5.41, 5.74) is 0.852. The van der Waals surface area contributed by atoms with Crippen molar-refractivity contribution in [2.45, 2.75) is 19.9 Å². The molecule has 0 amide bonds. The van der Waals surface area contributed by atoms with Crippen LogP contribution in [0.2, 0.25) is 0 Å². The molecule has 0 aromatic heterocycles. The van der Waals surface area contributed by atoms with Crippen LogP contribution in [0.3, 0.4) is 0 Å². The number of benzene rings is 1. The van der Waals surface area contributed by atoms with E-state index in [0.717, 1.165) is 18.7 Å². The van der Waals surface area contributed by atoms with Gasteiger partial charge in [0, 0.05) is 25.8 Å². The predicted molar refractivity (Wildman–Crippen MR) is 72.3 cm³/mol. The number of nitro groups is 1. The first-order chi connectivity index (χ1) is 9.12. The summed E-state index contributed by atoms with van der Waals surface area (Å²) in [6.07, 6.45) is 0.700. The van der Waals surface area contributed by atoms with Crippen molar-refractivity contribution in [2.75, 3.05) is 26.8 Å². The van der Waals surface area contributed by atoms with Gasteiger partial charge in [-0.1, -0.05) is 13.0 Å². The molecule has 0 unspecified atom stereocenters. The van der Waals surface area contributed by atoms with Crippen LogP contribution in [0.15, 0.2) is 18.2 Å². The normalized spacial score (nSPS) is 10.7. The van der Waals surface area contributed by atoms with E-state index in [1.807, 2.05) is 13.0 Å². The molecular formula is C13H20N2O4. The summed E-state index contributed by atoms with van der Waals surface area (Å²) >= 11 is 0. The molecule has 0 radical (unpaired) electrons. The molecule has 0 aliphatic rings. The molecule has 0 saturated carbocycles. The smallest absolute Gasteiger partial charge is 0.311 e. The van der Waals surface area contributed by atoms with E-state index in [4.69, 9.17) is 9.84 Å². The molecule has 0 aliphatic carbocycles. The number of methoxy groups -OCH3 is 1. The van der Waals surface area contributed by atoms with Crippen LogP contribution < -0.4 is 4.74 Å². The molecule has 0 heterocycles. The number of aliphatic hydroxyl groups excluding tert-OH is 1. The minimum absolute atomic E-state index is 0.0155. The molecule has 6 nitrogen and oxygen atoms in total. The second-order valence-electron chi connectivity index (χ2n) is 4.21. The number of hydrogen-bond acceptors (Lipinski definition) is 5. The lowest BCUT2D eigenvalue weighted by molar-refractivity contribution is -0.385. The predicted octanol–water partition coefficient (Wildman–Crippen LogP) is 1.81. The fraction of sp³-hybridized carbons (Fsp3) is 0.538. The lowest BCUT2D eigenvalue weighted by Gasteiger charge is -2.19. The largest absolute Gasteiger partial charge is 0.490 e. The number of nitrogens with zero attached hydrogens (tertiary/aromatic N) is 2. The Morgan fingerprint density at radius 2 is 2.21 bits per heavy atom. The molecule has 6 heteroatoms. The lowest BCUT2D eigenvalue weighted by Crippen LogP contribution is -2.24. The Hall–Kier alpha value is -1.66. The van der Waals surface area contributed by atoms with Gasteiger partial charge in [-0.25, -0.2) is 0 Å². The van der Waals surface area contributed by atoms with Crippen LogP contribution in [0.4, 0.5) is 5.69 Å². The summed E-state index contributed by atoms with van der Waals surface area (Å²) in [6, 6.07) is 4.99. The first-order valence-electron chi connectivity index (χ1n) is 6.26. The molecule has 106 valence electrons. The maximum Gasteiger partial charge on any atom is 0.311 e. The Morgan fingerprint density at radius 3 is 2.74 bits per heavy atom. The quantitative estimate of drug-likeness (QED) is 0.575. The molecule has 1 rings (SSSR count). The van der Waals surface area contributed by atoms with Gasteiger partial charge in [0.1, 0.15) is 0 Å². The van der Waals surface area contributed by atoms with Crippen LogP contribution in [-0.4, -0.2) is 41.7 Å². The number of ether oxygens (including phenoxy) is 1. The minimum Gasteiger partial charge on any atom is -0.490 e. The van der Waals surface area contributed by atoms with E-state index in [1.165, 1.54) is 7.11 Å². The Balaban J connectivity index is 2.83. The van der Waals surface area contributed by atoms with Crippen LogP contribution in [0.25, 0.3) is 0 Å². The van der Waals surface area contributed by atoms with E-state index < -0.39 is 4.92 Å². The molecule has 0 atom stereocenters. The zero-order valence-electron chi connectivity index (χ0n) is 11.3. The van der Waals surface area contributed by atoms with Gasteiger partial charge in [-0.2, -0.15) is 0 Å². The van der Waals surface area contributed by atoms with Gasteiger partial charge in [0.05, 0.1) is 12.0 Å². The maximum atomic E-state index is 10.9. The van der Waals surface area contributed by atoms with E-state index in [9.17, 15) is 10.1 Å². The van der Waals surface area contributed by atoms with Crippen LogP contribution in [0.1, 0.15) is 18.9 Å². The highest BCUT2D eigenvalue weighted by atomic mass is 16.6. The highest BCUT2D eigenvalue weighted by Gasteiger charge is 2.15. The van der Waals surface area contributed by atoms with Crippen LogP contribution >= 0.6 is 0 Å². The highest BCUT2D eigenvalue weighted by Crippen LogP contribution is 2.27. The molecule has 0 saturated heterocycles. The third kappa shape index (κ3) is 4.50. The zero-order valence-corrected chi connectivity index (χ0v) is 11.3. The summed E-state index contributed by atoms with van der Waals surface area (Å²) in [7, 11) is 1.42. The van der Waals surface area contributed by atoms with Gasteiger partial charge in [-0.3, -0.25) is 15.0 Å². The first-order valence-corrected chi connectivity index (χ1v) is 6.26. The van der Waals surface area contributed by atoms with Gasteiger partial charge in [-0.15, -0.1) is 0 Å². The van der Waals surface area contributed by atoms with E-state index in [1.54, 1.807) is 12.1 Å². The topological polar surface area (TPSA) is 75.8 Å². The number of rotatable bonds is 8. The molecule has 1 N–H and O–H groups in total. The Morgan fingerprint density at radius 1 is 1.47 bits per heavy atom. The van der Waals surface area contributed by atoms with E-state index in [2.05, 4.69) is 4.90 Å². The van der Waals surface area contributed by atoms with Crippen molar-refractivity contribution < 1.29 is 14.8 Å². The standard InChI is InChI=1S/C13H20N2O4/c1-3-14(7-4-8-16)10-11-5-6-13(19-2)12(9-11)15(17)18/h5-6,9,16H,3-4,7-8,10H2,1-2H3.